The quantitative estimate of drug-likeness (QED) is 0.737. The van der Waals surface area contributed by atoms with Gasteiger partial charge in [0.25, 0.3) is 0 Å². The van der Waals surface area contributed by atoms with Gasteiger partial charge in [-0.05, 0) is 42.2 Å². The van der Waals surface area contributed by atoms with Crippen LogP contribution in [0.5, 0.6) is 0 Å². The number of hydrogen-bond donors (Lipinski definition) is 1. The minimum atomic E-state index is 0.0914. The van der Waals surface area contributed by atoms with E-state index in [1.54, 1.807) is 4.90 Å². The predicted molar refractivity (Wildman–Crippen MR) is 97.6 cm³/mol. The van der Waals surface area contributed by atoms with Crippen LogP contribution in [0.2, 0.25) is 0 Å². The summed E-state index contributed by atoms with van der Waals surface area (Å²) >= 11 is 3.50. The van der Waals surface area contributed by atoms with E-state index in [-0.39, 0.29) is 11.8 Å². The van der Waals surface area contributed by atoms with Gasteiger partial charge < -0.3 is 9.88 Å². The Balaban J connectivity index is 1.43. The molecule has 2 atom stereocenters. The second-order valence-corrected chi connectivity index (χ2v) is 7.31. The Morgan fingerprint density at radius 2 is 2.12 bits per heavy atom. The van der Waals surface area contributed by atoms with Gasteiger partial charge in [-0.3, -0.25) is 4.79 Å². The molecule has 1 N–H and O–H groups in total. The van der Waals surface area contributed by atoms with Gasteiger partial charge >= 0.3 is 0 Å². The van der Waals surface area contributed by atoms with Gasteiger partial charge in [0.05, 0.1) is 17.6 Å². The second-order valence-electron chi connectivity index (χ2n) is 6.40. The molecule has 0 bridgehead atoms. The zero-order valence-electron chi connectivity index (χ0n) is 13.4. The van der Waals surface area contributed by atoms with Crippen LogP contribution in [-0.4, -0.2) is 27.8 Å². The number of nitrogens with one attached hydrogen (secondary N) is 1. The Bertz CT molecular complexity index is 871. The first-order valence-corrected chi connectivity index (χ1v) is 8.85. The van der Waals surface area contributed by atoms with Crippen molar-refractivity contribution < 1.29 is 4.79 Å². The standard InChI is InChI=1S/C19H18BrN3O/c1-23(11-18-21-16-7-2-3-8-17(16)22-18)19(24)15-10-14(15)12-5-4-6-13(20)9-12/h2-9,14-15H,10-11H2,1H3,(H,21,22). The molecule has 4 rings (SSSR count). The van der Waals surface area contributed by atoms with Gasteiger partial charge in [0.15, 0.2) is 0 Å². The van der Waals surface area contributed by atoms with Crippen LogP contribution < -0.4 is 0 Å². The number of carbonyl (C=O) groups is 1. The molecule has 1 amide bonds. The molecule has 122 valence electrons. The number of H-pyrrole nitrogens is 1. The van der Waals surface area contributed by atoms with Crippen molar-refractivity contribution in [2.24, 2.45) is 5.92 Å². The third-order valence-corrected chi connectivity index (χ3v) is 5.08. The van der Waals surface area contributed by atoms with E-state index in [2.05, 4.69) is 38.0 Å². The van der Waals surface area contributed by atoms with Crippen LogP contribution in [0.1, 0.15) is 23.7 Å². The van der Waals surface area contributed by atoms with Crippen molar-refractivity contribution in [1.82, 2.24) is 14.9 Å². The number of para-hydroxylation sites is 2. The molecule has 1 aliphatic carbocycles. The number of fused-ring (bicyclic) bond motifs is 1. The molecule has 1 saturated carbocycles. The molecule has 0 aliphatic heterocycles. The number of imidazole rings is 1. The first kappa shape index (κ1) is 15.4. The molecule has 4 nitrogen and oxygen atoms in total. The van der Waals surface area contributed by atoms with E-state index < -0.39 is 0 Å². The first-order chi connectivity index (χ1) is 11.6. The van der Waals surface area contributed by atoms with Gasteiger partial charge in [-0.1, -0.05) is 40.2 Å². The van der Waals surface area contributed by atoms with E-state index in [0.29, 0.717) is 12.5 Å². The van der Waals surface area contributed by atoms with E-state index in [0.717, 1.165) is 27.8 Å². The predicted octanol–water partition coefficient (Wildman–Crippen LogP) is 4.09. The van der Waals surface area contributed by atoms with Gasteiger partial charge in [-0.25, -0.2) is 4.98 Å². The first-order valence-electron chi connectivity index (χ1n) is 8.06. The molecule has 0 radical (unpaired) electrons. The van der Waals surface area contributed by atoms with Crippen LogP contribution >= 0.6 is 15.9 Å². The Morgan fingerprint density at radius 3 is 2.92 bits per heavy atom. The molecule has 5 heteroatoms. The lowest BCUT2D eigenvalue weighted by atomic mass is 10.1. The van der Waals surface area contributed by atoms with E-state index in [9.17, 15) is 4.79 Å². The largest absolute Gasteiger partial charge is 0.340 e. The molecule has 24 heavy (non-hydrogen) atoms. The number of halogens is 1. The maximum Gasteiger partial charge on any atom is 0.226 e. The third-order valence-electron chi connectivity index (χ3n) is 4.59. The molecular formula is C19H18BrN3O. The van der Waals surface area contributed by atoms with Crippen molar-refractivity contribution in [2.75, 3.05) is 7.05 Å². The van der Waals surface area contributed by atoms with E-state index in [1.807, 2.05) is 43.4 Å². The molecule has 1 aromatic heterocycles. The summed E-state index contributed by atoms with van der Waals surface area (Å²) in [6.45, 7) is 0.509. The summed E-state index contributed by atoms with van der Waals surface area (Å²) in [5.41, 5.74) is 3.18. The number of nitrogens with zero attached hydrogens (tertiary/aromatic N) is 2. The summed E-state index contributed by atoms with van der Waals surface area (Å²) in [5, 5.41) is 0. The summed E-state index contributed by atoms with van der Waals surface area (Å²) in [5.74, 6) is 1.45. The van der Waals surface area contributed by atoms with Gasteiger partial charge in [0.2, 0.25) is 5.91 Å². The average Bonchev–Trinajstić information content (AvgIpc) is 3.27. The fourth-order valence-corrected chi connectivity index (χ4v) is 3.66. The zero-order valence-corrected chi connectivity index (χ0v) is 15.0. The summed E-state index contributed by atoms with van der Waals surface area (Å²) in [7, 11) is 1.85. The minimum Gasteiger partial charge on any atom is -0.340 e. The SMILES string of the molecule is CN(Cc1nc2ccccc2[nH]1)C(=O)C1CC1c1cccc(Br)c1. The van der Waals surface area contributed by atoms with Gasteiger partial charge in [-0.15, -0.1) is 0 Å². The summed E-state index contributed by atoms with van der Waals surface area (Å²) in [4.78, 5) is 22.3. The minimum absolute atomic E-state index is 0.0914. The lowest BCUT2D eigenvalue weighted by molar-refractivity contribution is -0.132. The Hall–Kier alpha value is -2.14. The zero-order chi connectivity index (χ0) is 16.7. The third kappa shape index (κ3) is 2.96. The summed E-state index contributed by atoms with van der Waals surface area (Å²) < 4.78 is 1.06. The van der Waals surface area contributed by atoms with E-state index >= 15 is 0 Å². The van der Waals surface area contributed by atoms with Crippen LogP contribution in [0.4, 0.5) is 0 Å². The fourth-order valence-electron chi connectivity index (χ4n) is 3.24. The Kier molecular flexibility index (Phi) is 3.88. The van der Waals surface area contributed by atoms with Crippen LogP contribution in [0, 0.1) is 5.92 Å². The highest BCUT2D eigenvalue weighted by Gasteiger charge is 2.45. The molecule has 0 spiro atoms. The lowest BCUT2D eigenvalue weighted by Gasteiger charge is -2.15. The van der Waals surface area contributed by atoms with Crippen LogP contribution in [0.3, 0.4) is 0 Å². The summed E-state index contributed by atoms with van der Waals surface area (Å²) in [6.07, 6.45) is 0.930. The number of hydrogen-bond acceptors (Lipinski definition) is 2. The molecule has 2 unspecified atom stereocenters. The van der Waals surface area contributed by atoms with Gasteiger partial charge in [0, 0.05) is 17.4 Å². The van der Waals surface area contributed by atoms with E-state index in [4.69, 9.17) is 0 Å². The van der Waals surface area contributed by atoms with Crippen molar-refractivity contribution in [1.29, 1.82) is 0 Å². The molecule has 1 fully saturated rings. The monoisotopic (exact) mass is 383 g/mol. The fraction of sp³-hybridized carbons (Fsp3) is 0.263. The van der Waals surface area contributed by atoms with Crippen molar-refractivity contribution >= 4 is 32.9 Å². The highest BCUT2D eigenvalue weighted by atomic mass is 79.9. The van der Waals surface area contributed by atoms with Crippen molar-refractivity contribution in [3.8, 4) is 0 Å². The highest BCUT2D eigenvalue weighted by Crippen LogP contribution is 2.48. The van der Waals surface area contributed by atoms with E-state index in [1.165, 1.54) is 5.56 Å². The highest BCUT2D eigenvalue weighted by molar-refractivity contribution is 9.10. The maximum atomic E-state index is 12.7. The van der Waals surface area contributed by atoms with Crippen LogP contribution in [0.25, 0.3) is 11.0 Å². The van der Waals surface area contributed by atoms with Crippen molar-refractivity contribution in [2.45, 2.75) is 18.9 Å². The number of amides is 1. The normalized spacial score (nSPS) is 19.4. The number of rotatable bonds is 4. The molecule has 2 aromatic carbocycles. The molecule has 3 aromatic rings. The maximum absolute atomic E-state index is 12.7. The Labute approximate surface area is 149 Å². The number of aromatic amines is 1. The molecule has 0 saturated heterocycles. The molecular weight excluding hydrogens is 366 g/mol. The number of carbonyl (C=O) groups excluding carboxylic acids is 1. The lowest BCUT2D eigenvalue weighted by Crippen LogP contribution is -2.28. The van der Waals surface area contributed by atoms with Crippen LogP contribution in [-0.2, 0) is 11.3 Å². The summed E-state index contributed by atoms with van der Waals surface area (Å²) in [6, 6.07) is 16.2. The van der Waals surface area contributed by atoms with Gasteiger partial charge in [-0.2, -0.15) is 0 Å². The van der Waals surface area contributed by atoms with Gasteiger partial charge in [0.1, 0.15) is 5.82 Å². The average molecular weight is 384 g/mol. The molecule has 1 heterocycles. The number of benzene rings is 2. The smallest absolute Gasteiger partial charge is 0.226 e. The topological polar surface area (TPSA) is 49.0 Å². The van der Waals surface area contributed by atoms with Crippen molar-refractivity contribution in [3.05, 3.63) is 64.4 Å². The second kappa shape index (κ2) is 6.06. The van der Waals surface area contributed by atoms with Crippen molar-refractivity contribution in [3.63, 3.8) is 0 Å². The number of aromatic nitrogens is 2. The van der Waals surface area contributed by atoms with Crippen LogP contribution in [0.15, 0.2) is 53.0 Å². The Morgan fingerprint density at radius 1 is 1.29 bits per heavy atom. The molecule has 1 aliphatic rings.